The molecule has 5 nitrogen and oxygen atoms in total. The van der Waals surface area contributed by atoms with Crippen LogP contribution < -0.4 is 10.6 Å². The molecule has 7 heteroatoms. The van der Waals surface area contributed by atoms with Crippen LogP contribution in [0.25, 0.3) is 0 Å². The van der Waals surface area contributed by atoms with Gasteiger partial charge in [-0.1, -0.05) is 0 Å². The van der Waals surface area contributed by atoms with Crippen LogP contribution in [0, 0.1) is 13.8 Å². The average molecular weight is 419 g/mol. The highest BCUT2D eigenvalue weighted by Crippen LogP contribution is 2.15. The molecule has 2 heterocycles. The van der Waals surface area contributed by atoms with Gasteiger partial charge in [0.05, 0.1) is 12.2 Å². The second-order valence-electron chi connectivity index (χ2n) is 4.52. The van der Waals surface area contributed by atoms with Crippen molar-refractivity contribution in [1.82, 2.24) is 20.2 Å². The number of aromatic nitrogens is 2. The summed E-state index contributed by atoms with van der Waals surface area (Å²) in [6.45, 7) is 6.61. The topological polar surface area (TPSA) is 54.2 Å². The second kappa shape index (κ2) is 9.04. The molecule has 0 amide bonds. The minimum absolute atomic E-state index is 0. The van der Waals surface area contributed by atoms with Gasteiger partial charge in [0.2, 0.25) is 0 Å². The summed E-state index contributed by atoms with van der Waals surface area (Å²) in [6, 6.07) is 4.06. The van der Waals surface area contributed by atoms with Gasteiger partial charge in [0.1, 0.15) is 5.01 Å². The van der Waals surface area contributed by atoms with Crippen LogP contribution in [-0.4, -0.2) is 29.1 Å². The molecule has 0 aliphatic rings. The molecule has 0 fully saturated rings. The Bertz CT molecular complexity index is 542. The molecule has 0 atom stereocenters. The largest absolute Gasteiger partial charge is 0.355 e. The molecule has 2 rings (SSSR count). The van der Waals surface area contributed by atoms with Crippen LogP contribution in [0.5, 0.6) is 0 Å². The van der Waals surface area contributed by atoms with Crippen LogP contribution in [0.2, 0.25) is 0 Å². The van der Waals surface area contributed by atoms with Gasteiger partial charge in [0, 0.05) is 37.4 Å². The molecule has 0 aliphatic carbocycles. The van der Waals surface area contributed by atoms with Gasteiger partial charge < -0.3 is 15.2 Å². The van der Waals surface area contributed by atoms with E-state index in [0.717, 1.165) is 29.8 Å². The number of aliphatic imine (C=N–C) groups is 1. The van der Waals surface area contributed by atoms with Gasteiger partial charge in [-0.15, -0.1) is 35.3 Å². The van der Waals surface area contributed by atoms with E-state index in [0.29, 0.717) is 6.54 Å². The predicted octanol–water partition coefficient (Wildman–Crippen LogP) is 2.54. The van der Waals surface area contributed by atoms with Gasteiger partial charge in [-0.2, -0.15) is 0 Å². The molecule has 2 N–H and O–H groups in total. The molecule has 0 saturated carbocycles. The summed E-state index contributed by atoms with van der Waals surface area (Å²) in [5.41, 5.74) is 1.11. The summed E-state index contributed by atoms with van der Waals surface area (Å²) in [5, 5.41) is 7.67. The lowest BCUT2D eigenvalue weighted by molar-refractivity contribution is 0.665. The average Bonchev–Trinajstić information content (AvgIpc) is 3.05. The zero-order valence-corrected chi connectivity index (χ0v) is 15.7. The number of hydrogen-bond acceptors (Lipinski definition) is 3. The van der Waals surface area contributed by atoms with Gasteiger partial charge in [-0.3, -0.25) is 4.99 Å². The number of halogens is 1. The smallest absolute Gasteiger partial charge is 0.191 e. The Morgan fingerprint density at radius 2 is 2.00 bits per heavy atom. The van der Waals surface area contributed by atoms with E-state index in [1.165, 1.54) is 4.88 Å². The molecular formula is C14H22IN5S. The van der Waals surface area contributed by atoms with E-state index >= 15 is 0 Å². The number of rotatable bonds is 5. The number of aryl methyl sites for hydroxylation is 2. The maximum absolute atomic E-state index is 4.51. The number of nitrogens with one attached hydrogen (secondary N) is 2. The molecule has 2 aromatic heterocycles. The fraction of sp³-hybridized carbons (Fsp3) is 0.429. The van der Waals surface area contributed by atoms with Crippen LogP contribution >= 0.6 is 35.3 Å². The van der Waals surface area contributed by atoms with Gasteiger partial charge in [0.15, 0.2) is 5.96 Å². The van der Waals surface area contributed by atoms with Crippen molar-refractivity contribution in [2.24, 2.45) is 4.99 Å². The highest BCUT2D eigenvalue weighted by atomic mass is 127. The molecular weight excluding hydrogens is 397 g/mol. The molecule has 0 saturated heterocycles. The van der Waals surface area contributed by atoms with E-state index in [-0.39, 0.29) is 24.0 Å². The molecule has 0 unspecified atom stereocenters. The minimum atomic E-state index is 0. The lowest BCUT2D eigenvalue weighted by Gasteiger charge is -2.11. The Morgan fingerprint density at radius 1 is 1.29 bits per heavy atom. The van der Waals surface area contributed by atoms with Crippen LogP contribution in [0.3, 0.4) is 0 Å². The Labute approximate surface area is 146 Å². The first-order valence-electron chi connectivity index (χ1n) is 6.67. The van der Waals surface area contributed by atoms with Crippen LogP contribution in [0.4, 0.5) is 0 Å². The Hall–Kier alpha value is -1.09. The summed E-state index contributed by atoms with van der Waals surface area (Å²) in [6.07, 6.45) is 4.11. The van der Waals surface area contributed by atoms with E-state index in [9.17, 15) is 0 Å². The molecule has 0 spiro atoms. The third-order valence-corrected chi connectivity index (χ3v) is 4.10. The van der Waals surface area contributed by atoms with Crippen LogP contribution in [-0.2, 0) is 13.1 Å². The lowest BCUT2D eigenvalue weighted by Crippen LogP contribution is -2.38. The predicted molar refractivity (Wildman–Crippen MR) is 99.6 cm³/mol. The number of thiazole rings is 1. The second-order valence-corrected chi connectivity index (χ2v) is 5.81. The van der Waals surface area contributed by atoms with Crippen LogP contribution in [0.1, 0.15) is 15.6 Å². The van der Waals surface area contributed by atoms with Crippen molar-refractivity contribution in [2.75, 3.05) is 13.6 Å². The summed E-state index contributed by atoms with van der Waals surface area (Å²) >= 11 is 1.73. The first-order chi connectivity index (χ1) is 9.69. The molecule has 2 aromatic rings. The van der Waals surface area contributed by atoms with Crippen LogP contribution in [0.15, 0.2) is 29.5 Å². The van der Waals surface area contributed by atoms with E-state index in [2.05, 4.69) is 44.5 Å². The zero-order valence-electron chi connectivity index (χ0n) is 12.6. The van der Waals surface area contributed by atoms with E-state index in [4.69, 9.17) is 0 Å². The summed E-state index contributed by atoms with van der Waals surface area (Å²) in [5.74, 6) is 0.808. The number of hydrogen-bond donors (Lipinski definition) is 2. The van der Waals surface area contributed by atoms with E-state index in [1.807, 2.05) is 19.1 Å². The summed E-state index contributed by atoms with van der Waals surface area (Å²) in [4.78, 5) is 10.00. The summed E-state index contributed by atoms with van der Waals surface area (Å²) < 4.78 is 2.13. The third-order valence-electron chi connectivity index (χ3n) is 3.03. The monoisotopic (exact) mass is 419 g/mol. The van der Waals surface area contributed by atoms with Gasteiger partial charge in [-0.25, -0.2) is 4.98 Å². The molecule has 0 bridgehead atoms. The van der Waals surface area contributed by atoms with Gasteiger partial charge in [-0.05, 0) is 26.0 Å². The standard InChI is InChI=1S/C14H21N5S.HI/c1-11-12(2)20-13(18-11)10-17-14(15-3)16-6-9-19-7-4-5-8-19;/h4-5,7-8H,6,9-10H2,1-3H3,(H2,15,16,17);1H. The number of guanidine groups is 1. The highest BCUT2D eigenvalue weighted by molar-refractivity contribution is 14.0. The first-order valence-corrected chi connectivity index (χ1v) is 7.49. The fourth-order valence-corrected chi connectivity index (χ4v) is 2.69. The van der Waals surface area contributed by atoms with Crippen molar-refractivity contribution in [1.29, 1.82) is 0 Å². The Balaban J connectivity index is 0.00000220. The number of nitrogens with zero attached hydrogens (tertiary/aromatic N) is 3. The molecule has 0 aromatic carbocycles. The lowest BCUT2D eigenvalue weighted by atomic mass is 10.4. The quantitative estimate of drug-likeness (QED) is 0.445. The highest BCUT2D eigenvalue weighted by Gasteiger charge is 2.04. The van der Waals surface area contributed by atoms with Crippen molar-refractivity contribution in [2.45, 2.75) is 26.9 Å². The minimum Gasteiger partial charge on any atom is -0.355 e. The third kappa shape index (κ3) is 5.66. The normalized spacial score (nSPS) is 11.1. The maximum atomic E-state index is 4.51. The zero-order chi connectivity index (χ0) is 14.4. The van der Waals surface area contributed by atoms with Gasteiger partial charge in [0.25, 0.3) is 0 Å². The van der Waals surface area contributed by atoms with Crippen molar-refractivity contribution < 1.29 is 0 Å². The Kier molecular flexibility index (Phi) is 7.73. The summed E-state index contributed by atoms with van der Waals surface area (Å²) in [7, 11) is 1.78. The van der Waals surface area contributed by atoms with Gasteiger partial charge >= 0.3 is 0 Å². The van der Waals surface area contributed by atoms with E-state index < -0.39 is 0 Å². The molecule has 0 aliphatic heterocycles. The Morgan fingerprint density at radius 3 is 2.57 bits per heavy atom. The SMILES string of the molecule is CN=C(NCCn1cccc1)NCc1nc(C)c(C)s1.I. The van der Waals surface area contributed by atoms with Crippen molar-refractivity contribution in [3.63, 3.8) is 0 Å². The molecule has 21 heavy (non-hydrogen) atoms. The first kappa shape index (κ1) is 18.0. The van der Waals surface area contributed by atoms with Crippen molar-refractivity contribution in [3.8, 4) is 0 Å². The van der Waals surface area contributed by atoms with E-state index in [1.54, 1.807) is 18.4 Å². The maximum Gasteiger partial charge on any atom is 0.191 e. The van der Waals surface area contributed by atoms with Crippen molar-refractivity contribution >= 4 is 41.3 Å². The molecule has 0 radical (unpaired) electrons. The van der Waals surface area contributed by atoms with Crippen molar-refractivity contribution in [3.05, 3.63) is 40.1 Å². The fourth-order valence-electron chi connectivity index (χ4n) is 1.82. The molecule has 116 valence electrons.